The summed E-state index contributed by atoms with van der Waals surface area (Å²) in [5, 5.41) is 0. The Morgan fingerprint density at radius 3 is 2.29 bits per heavy atom. The molecule has 0 spiro atoms. The molecule has 2 unspecified atom stereocenters. The van der Waals surface area contributed by atoms with Crippen LogP contribution in [0.15, 0.2) is 30.5 Å². The van der Waals surface area contributed by atoms with Crippen molar-refractivity contribution in [2.75, 3.05) is 7.05 Å². The van der Waals surface area contributed by atoms with Gasteiger partial charge in [0.1, 0.15) is 17.5 Å². The van der Waals surface area contributed by atoms with Gasteiger partial charge in [0, 0.05) is 36.9 Å². The van der Waals surface area contributed by atoms with Crippen molar-refractivity contribution in [3.8, 4) is 11.3 Å². The van der Waals surface area contributed by atoms with Crippen LogP contribution in [0.25, 0.3) is 11.3 Å². The van der Waals surface area contributed by atoms with Crippen molar-refractivity contribution in [2.45, 2.75) is 58.9 Å². The number of benzene rings is 1. The Balaban J connectivity index is 1.87. The minimum Gasteiger partial charge on any atom is -0.341 e. The molecule has 0 saturated heterocycles. The van der Waals surface area contributed by atoms with Crippen LogP contribution < -0.4 is 0 Å². The number of halogens is 1. The molecule has 1 saturated carbocycles. The van der Waals surface area contributed by atoms with Crippen LogP contribution in [0, 0.1) is 25.6 Å². The molecule has 0 N–H and O–H groups in total. The van der Waals surface area contributed by atoms with E-state index in [1.807, 2.05) is 46.8 Å². The fraction of sp³-hybridized carbons (Fsp3) is 0.440. The van der Waals surface area contributed by atoms with Gasteiger partial charge in [0.25, 0.3) is 0 Å². The van der Waals surface area contributed by atoms with Crippen LogP contribution in [0.2, 0.25) is 0 Å². The number of rotatable bonds is 4. The van der Waals surface area contributed by atoms with E-state index < -0.39 is 17.7 Å². The number of carbonyl (C=O) groups is 3. The average Bonchev–Trinajstić information content (AvgIpc) is 2.94. The number of Topliss-reactive ketones (excluding diaryl/α,β-unsaturated/α-hetero) is 2. The van der Waals surface area contributed by atoms with E-state index in [2.05, 4.69) is 4.98 Å². The molecular weight excluding hydrogens is 395 g/mol. The van der Waals surface area contributed by atoms with Crippen LogP contribution in [0.1, 0.15) is 56.2 Å². The number of pyridine rings is 1. The molecule has 0 aliphatic heterocycles. The van der Waals surface area contributed by atoms with Gasteiger partial charge in [-0.1, -0.05) is 0 Å². The highest BCUT2D eigenvalue weighted by atomic mass is 19.1. The van der Waals surface area contributed by atoms with Gasteiger partial charge in [-0.25, -0.2) is 4.39 Å². The number of amides is 1. The molecule has 164 valence electrons. The molecule has 31 heavy (non-hydrogen) atoms. The number of hydrogen-bond donors (Lipinski definition) is 0. The summed E-state index contributed by atoms with van der Waals surface area (Å²) >= 11 is 0. The van der Waals surface area contributed by atoms with E-state index in [-0.39, 0.29) is 35.9 Å². The van der Waals surface area contributed by atoms with Gasteiger partial charge < -0.3 is 4.90 Å². The van der Waals surface area contributed by atoms with Crippen molar-refractivity contribution < 1.29 is 18.8 Å². The molecule has 1 fully saturated rings. The Bertz CT molecular complexity index is 1010. The van der Waals surface area contributed by atoms with Crippen molar-refractivity contribution in [1.82, 2.24) is 9.88 Å². The molecule has 1 aromatic carbocycles. The maximum absolute atomic E-state index is 13.2. The molecule has 1 amide bonds. The summed E-state index contributed by atoms with van der Waals surface area (Å²) in [5.41, 5.74) is 3.41. The Morgan fingerprint density at radius 1 is 1.16 bits per heavy atom. The normalized spacial score (nSPS) is 19.1. The number of aryl methyl sites for hydroxylation is 2. The standard InChI is InChI=1S/C25H29FN2O3/c1-14-9-16(19-8-7-18(26)13-27-19)10-15(2)22(14)23-20(29)11-17(24(23)31)12-21(30)28(6)25(3,4)5/h7-10,13,17,23H,11-12H2,1-6H3. The first-order valence-electron chi connectivity index (χ1n) is 10.5. The third kappa shape index (κ3) is 4.58. The molecule has 3 rings (SSSR count). The van der Waals surface area contributed by atoms with Crippen LogP contribution in [0.5, 0.6) is 0 Å². The molecule has 1 aliphatic rings. The van der Waals surface area contributed by atoms with Crippen molar-refractivity contribution in [3.63, 3.8) is 0 Å². The molecule has 2 atom stereocenters. The second kappa shape index (κ2) is 8.33. The lowest BCUT2D eigenvalue weighted by molar-refractivity contribution is -0.137. The predicted molar refractivity (Wildman–Crippen MR) is 117 cm³/mol. The van der Waals surface area contributed by atoms with E-state index in [1.54, 1.807) is 18.0 Å². The van der Waals surface area contributed by atoms with Gasteiger partial charge in [-0.3, -0.25) is 19.4 Å². The Morgan fingerprint density at radius 2 is 1.77 bits per heavy atom. The van der Waals surface area contributed by atoms with E-state index in [0.29, 0.717) is 11.3 Å². The van der Waals surface area contributed by atoms with Crippen molar-refractivity contribution >= 4 is 17.5 Å². The average molecular weight is 425 g/mol. The molecular formula is C25H29FN2O3. The van der Waals surface area contributed by atoms with Gasteiger partial charge >= 0.3 is 0 Å². The first-order chi connectivity index (χ1) is 14.4. The van der Waals surface area contributed by atoms with Crippen LogP contribution in [0.4, 0.5) is 4.39 Å². The van der Waals surface area contributed by atoms with E-state index in [1.165, 1.54) is 6.07 Å². The minimum atomic E-state index is -0.840. The highest BCUT2D eigenvalue weighted by molar-refractivity contribution is 6.15. The molecule has 6 heteroatoms. The monoisotopic (exact) mass is 424 g/mol. The molecule has 0 bridgehead atoms. The summed E-state index contributed by atoms with van der Waals surface area (Å²) in [6.07, 6.45) is 1.30. The lowest BCUT2D eigenvalue weighted by atomic mass is 9.85. The van der Waals surface area contributed by atoms with Crippen LogP contribution >= 0.6 is 0 Å². The zero-order valence-electron chi connectivity index (χ0n) is 19.0. The van der Waals surface area contributed by atoms with Crippen LogP contribution in [0.3, 0.4) is 0 Å². The smallest absolute Gasteiger partial charge is 0.223 e. The summed E-state index contributed by atoms with van der Waals surface area (Å²) < 4.78 is 13.2. The lowest BCUT2D eigenvalue weighted by Crippen LogP contribution is -2.43. The van der Waals surface area contributed by atoms with E-state index in [4.69, 9.17) is 0 Å². The van der Waals surface area contributed by atoms with Crippen LogP contribution in [-0.4, -0.2) is 39.9 Å². The third-order valence-electron chi connectivity index (χ3n) is 6.16. The second-order valence-corrected chi connectivity index (χ2v) is 9.42. The summed E-state index contributed by atoms with van der Waals surface area (Å²) in [4.78, 5) is 44.4. The highest BCUT2D eigenvalue weighted by Crippen LogP contribution is 2.38. The van der Waals surface area contributed by atoms with Crippen molar-refractivity contribution in [3.05, 3.63) is 53.0 Å². The quantitative estimate of drug-likeness (QED) is 0.683. The SMILES string of the molecule is Cc1cc(-c2ccc(F)cn2)cc(C)c1C1C(=O)CC(CC(=O)N(C)C(C)(C)C)C1=O. The first-order valence-corrected chi connectivity index (χ1v) is 10.5. The molecule has 1 aliphatic carbocycles. The number of hydrogen-bond acceptors (Lipinski definition) is 4. The number of ketones is 2. The summed E-state index contributed by atoms with van der Waals surface area (Å²) in [6.45, 7) is 9.52. The maximum atomic E-state index is 13.2. The fourth-order valence-electron chi connectivity index (χ4n) is 4.18. The zero-order chi connectivity index (χ0) is 23.1. The molecule has 0 radical (unpaired) electrons. The largest absolute Gasteiger partial charge is 0.341 e. The van der Waals surface area contributed by atoms with E-state index in [0.717, 1.165) is 22.9 Å². The fourth-order valence-corrected chi connectivity index (χ4v) is 4.18. The number of nitrogens with zero attached hydrogens (tertiary/aromatic N) is 2. The minimum absolute atomic E-state index is 0.0462. The van der Waals surface area contributed by atoms with Crippen LogP contribution in [-0.2, 0) is 14.4 Å². The summed E-state index contributed by atoms with van der Waals surface area (Å²) in [5.74, 6) is -2.29. The van der Waals surface area contributed by atoms with Gasteiger partial charge in [-0.15, -0.1) is 0 Å². The lowest BCUT2D eigenvalue weighted by Gasteiger charge is -2.32. The molecule has 1 heterocycles. The van der Waals surface area contributed by atoms with Gasteiger partial charge in [0.05, 0.1) is 11.9 Å². The highest BCUT2D eigenvalue weighted by Gasteiger charge is 2.44. The number of carbonyl (C=O) groups excluding carboxylic acids is 3. The van der Waals surface area contributed by atoms with E-state index >= 15 is 0 Å². The van der Waals surface area contributed by atoms with E-state index in [9.17, 15) is 18.8 Å². The third-order valence-corrected chi connectivity index (χ3v) is 6.16. The Labute approximate surface area is 182 Å². The maximum Gasteiger partial charge on any atom is 0.223 e. The Kier molecular flexibility index (Phi) is 6.12. The topological polar surface area (TPSA) is 67.3 Å². The zero-order valence-corrected chi connectivity index (χ0v) is 19.0. The van der Waals surface area contributed by atoms with Gasteiger partial charge in [-0.05, 0) is 75.6 Å². The summed E-state index contributed by atoms with van der Waals surface area (Å²) in [6, 6.07) is 6.69. The number of aromatic nitrogens is 1. The van der Waals surface area contributed by atoms with Gasteiger partial charge in [0.15, 0.2) is 5.78 Å². The van der Waals surface area contributed by atoms with Crippen molar-refractivity contribution in [1.29, 1.82) is 0 Å². The first kappa shape index (κ1) is 22.8. The predicted octanol–water partition coefficient (Wildman–Crippen LogP) is 4.39. The van der Waals surface area contributed by atoms with Gasteiger partial charge in [0.2, 0.25) is 5.91 Å². The molecule has 5 nitrogen and oxygen atoms in total. The molecule has 2 aromatic rings. The van der Waals surface area contributed by atoms with Crippen molar-refractivity contribution in [2.24, 2.45) is 5.92 Å². The Hall–Kier alpha value is -2.89. The molecule has 1 aromatic heterocycles. The summed E-state index contributed by atoms with van der Waals surface area (Å²) in [7, 11) is 1.72. The second-order valence-electron chi connectivity index (χ2n) is 9.42. The van der Waals surface area contributed by atoms with Gasteiger partial charge in [-0.2, -0.15) is 0 Å².